The molecule has 40 heavy (non-hydrogen) atoms. The van der Waals surface area contributed by atoms with Crippen molar-refractivity contribution in [3.8, 4) is 11.5 Å². The summed E-state index contributed by atoms with van der Waals surface area (Å²) in [6.45, 7) is 29.0. The summed E-state index contributed by atoms with van der Waals surface area (Å²) in [6.07, 6.45) is 9.96. The fraction of sp³-hybridized carbons (Fsp3) is 0.688. The van der Waals surface area contributed by atoms with Crippen LogP contribution in [0.2, 0.25) is 49.4 Å². The minimum Gasteiger partial charge on any atom is -1.00 e. The molecule has 2 aromatic rings. The van der Waals surface area contributed by atoms with Crippen molar-refractivity contribution in [2.75, 3.05) is 0 Å². The average Bonchev–Trinajstić information content (AvgIpc) is 3.32. The predicted molar refractivity (Wildman–Crippen MR) is 170 cm³/mol. The zero-order valence-corrected chi connectivity index (χ0v) is 35.5. The van der Waals surface area contributed by atoms with Gasteiger partial charge in [-0.2, -0.15) is 34.4 Å². The topological polar surface area (TPSA) is 18.5 Å². The van der Waals surface area contributed by atoms with Gasteiger partial charge in [-0.25, -0.2) is 0 Å². The third-order valence-electron chi connectivity index (χ3n) is 10.4. The molecule has 4 rings (SSSR count). The van der Waals surface area contributed by atoms with Crippen molar-refractivity contribution >= 4 is 35.1 Å². The van der Waals surface area contributed by atoms with Gasteiger partial charge in [-0.1, -0.05) is 118 Å². The summed E-state index contributed by atoms with van der Waals surface area (Å²) in [4.78, 5) is 0. The molecule has 0 radical (unpaired) electrons. The Morgan fingerprint density at radius 2 is 0.850 bits per heavy atom. The summed E-state index contributed by atoms with van der Waals surface area (Å²) in [6, 6.07) is 5.18. The first-order valence-electron chi connectivity index (χ1n) is 14.9. The van der Waals surface area contributed by atoms with E-state index in [1.54, 1.807) is 11.1 Å². The summed E-state index contributed by atoms with van der Waals surface area (Å²) < 4.78 is 14.6. The molecule has 224 valence electrons. The molecular formula is C32H54Cl2HfO2Si3. The summed E-state index contributed by atoms with van der Waals surface area (Å²) in [5, 5.41) is 3.44. The second kappa shape index (κ2) is 13.2. The number of rotatable bonds is 6. The average molecular weight is 804 g/mol. The van der Waals surface area contributed by atoms with Crippen molar-refractivity contribution in [1.29, 1.82) is 0 Å². The van der Waals surface area contributed by atoms with Gasteiger partial charge in [-0.05, 0) is 36.3 Å². The molecule has 0 bridgehead atoms. The Labute approximate surface area is 280 Å². The summed E-state index contributed by atoms with van der Waals surface area (Å²) in [7, 11) is -6.03. The molecule has 0 unspecified atom stereocenters. The van der Waals surface area contributed by atoms with Gasteiger partial charge < -0.3 is 33.7 Å². The Kier molecular flexibility index (Phi) is 12.7. The molecule has 0 heterocycles. The van der Waals surface area contributed by atoms with Crippen LogP contribution in [0, 0.1) is 0 Å². The van der Waals surface area contributed by atoms with E-state index in [0.717, 1.165) is 0 Å². The van der Waals surface area contributed by atoms with E-state index in [1.165, 1.54) is 84.4 Å². The molecule has 8 heteroatoms. The van der Waals surface area contributed by atoms with Crippen molar-refractivity contribution in [3.05, 3.63) is 34.4 Å². The fourth-order valence-corrected chi connectivity index (χ4v) is 10.8. The van der Waals surface area contributed by atoms with Gasteiger partial charge in [0.05, 0.1) is 8.07 Å². The van der Waals surface area contributed by atoms with Crippen molar-refractivity contribution in [3.63, 3.8) is 0 Å². The van der Waals surface area contributed by atoms with Crippen LogP contribution in [0.3, 0.4) is 0 Å². The van der Waals surface area contributed by atoms with Crippen LogP contribution in [-0.2, 0) is 51.5 Å². The largest absolute Gasteiger partial charge is 4.00 e. The summed E-state index contributed by atoms with van der Waals surface area (Å²) in [5.41, 5.74) is 6.21. The van der Waals surface area contributed by atoms with Gasteiger partial charge >= 0.3 is 25.8 Å². The van der Waals surface area contributed by atoms with E-state index in [0.29, 0.717) is 0 Å². The number of fused-ring (bicyclic) bond motifs is 2. The van der Waals surface area contributed by atoms with Crippen LogP contribution in [-0.4, -0.2) is 24.7 Å². The fourth-order valence-electron chi connectivity index (χ4n) is 5.62. The third-order valence-corrected chi connectivity index (χ3v) is 22.5. The number of hydrogen-bond donors (Lipinski definition) is 0. The van der Waals surface area contributed by atoms with E-state index < -0.39 is 24.7 Å². The maximum atomic E-state index is 7.28. The van der Waals surface area contributed by atoms with Crippen molar-refractivity contribution in [2.45, 2.75) is 142 Å². The summed E-state index contributed by atoms with van der Waals surface area (Å²) in [5.74, 6) is 2.57. The van der Waals surface area contributed by atoms with Crippen molar-refractivity contribution < 1.29 is 59.5 Å². The van der Waals surface area contributed by atoms with Gasteiger partial charge in [0, 0.05) is 0 Å². The molecule has 0 aromatic heterocycles. The van der Waals surface area contributed by atoms with Crippen molar-refractivity contribution in [2.24, 2.45) is 0 Å². The predicted octanol–water partition coefficient (Wildman–Crippen LogP) is 2.48. The van der Waals surface area contributed by atoms with Gasteiger partial charge in [-0.15, -0.1) is 10.4 Å². The number of aryl methyl sites for hydroxylation is 2. The molecule has 0 N–H and O–H groups in total. The van der Waals surface area contributed by atoms with Crippen LogP contribution in [0.25, 0.3) is 0 Å². The van der Waals surface area contributed by atoms with Gasteiger partial charge in [0.15, 0.2) is 0 Å². The zero-order valence-electron chi connectivity index (χ0n) is 27.4. The molecule has 0 saturated heterocycles. The van der Waals surface area contributed by atoms with Gasteiger partial charge in [-0.3, -0.25) is 0 Å². The first-order chi connectivity index (χ1) is 16.9. The van der Waals surface area contributed by atoms with Gasteiger partial charge in [0.25, 0.3) is 0 Å². The van der Waals surface area contributed by atoms with Crippen LogP contribution in [0.4, 0.5) is 0 Å². The van der Waals surface area contributed by atoms with Crippen molar-refractivity contribution in [1.82, 2.24) is 0 Å². The van der Waals surface area contributed by atoms with Crippen LogP contribution >= 0.6 is 0 Å². The standard InChI is InChI=1S/C32H54O2Si3.2ClH.Hf/c1-31(2,3)36(9,10)33-29-25-19-15-13-17-23(25)21-27(29)35(7,8)28-22-24-18-14-16-20-26(24)30(28)34-37(11,12)32(4,5)6;;;/h21-22H,13-20H2,1-12H3;2*1H;/q-2;;;+4/p-2. The van der Waals surface area contributed by atoms with E-state index >= 15 is 0 Å². The molecule has 0 aliphatic heterocycles. The van der Waals surface area contributed by atoms with E-state index in [2.05, 4.69) is 93.0 Å². The third kappa shape index (κ3) is 7.20. The Balaban J connectivity index is 0.00000267. The van der Waals surface area contributed by atoms with Crippen LogP contribution < -0.4 is 44.0 Å². The zero-order chi connectivity index (χ0) is 27.6. The van der Waals surface area contributed by atoms with Gasteiger partial charge in [0.1, 0.15) is 0 Å². The van der Waals surface area contributed by atoms with Crippen LogP contribution in [0.15, 0.2) is 12.1 Å². The van der Waals surface area contributed by atoms with E-state index in [1.807, 2.05) is 0 Å². The first kappa shape index (κ1) is 38.4. The second-order valence-electron chi connectivity index (χ2n) is 15.5. The molecule has 0 spiro atoms. The maximum absolute atomic E-state index is 7.28. The molecule has 0 fully saturated rings. The normalized spacial score (nSPS) is 16.1. The van der Waals surface area contributed by atoms with E-state index in [4.69, 9.17) is 8.85 Å². The van der Waals surface area contributed by atoms with Crippen LogP contribution in [0.5, 0.6) is 11.5 Å². The molecule has 0 saturated carbocycles. The number of hydrogen-bond acceptors (Lipinski definition) is 2. The quantitative estimate of drug-likeness (QED) is 0.331. The molecule has 2 nitrogen and oxygen atoms in total. The Bertz CT molecular complexity index is 1060. The van der Waals surface area contributed by atoms with E-state index in [-0.39, 0.29) is 60.7 Å². The van der Waals surface area contributed by atoms with Crippen LogP contribution in [0.1, 0.15) is 89.5 Å². The molecular weight excluding hydrogens is 750 g/mol. The van der Waals surface area contributed by atoms with Gasteiger partial charge in [0.2, 0.25) is 16.6 Å². The molecule has 0 atom stereocenters. The molecule has 0 amide bonds. The maximum Gasteiger partial charge on any atom is 4.00 e. The Morgan fingerprint density at radius 1 is 0.550 bits per heavy atom. The first-order valence-corrected chi connectivity index (χ1v) is 23.7. The van der Waals surface area contributed by atoms with E-state index in [9.17, 15) is 0 Å². The second-order valence-corrected chi connectivity index (χ2v) is 29.3. The molecule has 2 aliphatic carbocycles. The molecule has 2 aliphatic rings. The number of halogens is 2. The smallest absolute Gasteiger partial charge is 1.00 e. The molecule has 2 aromatic carbocycles. The summed E-state index contributed by atoms with van der Waals surface area (Å²) >= 11 is 0. The Hall–Kier alpha value is 0.401. The SMILES string of the molecule is CC(C)(C)[Si](C)(C)Oc1c([Si](C)(C)c2[cH-]c3c(c2O[Si](C)(C)C(C)(C)C)CCCC3)[cH-]c2c1CCCC2.[Cl-].[Cl-].[Hf+4]. The monoisotopic (exact) mass is 804 g/mol. The minimum atomic E-state index is -2.10. The Morgan fingerprint density at radius 3 is 1.15 bits per heavy atom. The minimum absolute atomic E-state index is 0.